The van der Waals surface area contributed by atoms with E-state index < -0.39 is 0 Å². The van der Waals surface area contributed by atoms with Crippen LogP contribution in [-0.2, 0) is 6.54 Å². The number of thiophene rings is 1. The van der Waals surface area contributed by atoms with Crippen molar-refractivity contribution in [1.29, 1.82) is 0 Å². The number of carbonyl (C=O) groups is 1. The van der Waals surface area contributed by atoms with Gasteiger partial charge >= 0.3 is 0 Å². The van der Waals surface area contributed by atoms with Crippen molar-refractivity contribution in [2.45, 2.75) is 13.5 Å². The number of furan rings is 1. The summed E-state index contributed by atoms with van der Waals surface area (Å²) in [6, 6.07) is 13.0. The van der Waals surface area contributed by atoms with Crippen molar-refractivity contribution >= 4 is 39.1 Å². The minimum Gasteiger partial charge on any atom is -0.467 e. The van der Waals surface area contributed by atoms with E-state index in [0.29, 0.717) is 22.2 Å². The Balaban J connectivity index is 1.67. The number of carbonyl (C=O) groups excluding carboxylic acids is 1. The Bertz CT molecular complexity index is 1050. The van der Waals surface area contributed by atoms with Crippen LogP contribution in [0.2, 0.25) is 5.02 Å². The van der Waals surface area contributed by atoms with Gasteiger partial charge in [-0.3, -0.25) is 4.79 Å². The van der Waals surface area contributed by atoms with Gasteiger partial charge in [-0.15, -0.1) is 11.3 Å². The fourth-order valence-electron chi connectivity index (χ4n) is 2.61. The van der Waals surface area contributed by atoms with Crippen molar-refractivity contribution < 1.29 is 9.21 Å². The van der Waals surface area contributed by atoms with Gasteiger partial charge in [-0.1, -0.05) is 23.7 Å². The molecule has 0 unspecified atom stereocenters. The van der Waals surface area contributed by atoms with Crippen LogP contribution in [0.3, 0.4) is 0 Å². The van der Waals surface area contributed by atoms with Crippen LogP contribution in [0.1, 0.15) is 21.1 Å². The molecule has 4 rings (SSSR count). The number of fused-ring (bicyclic) bond motifs is 1. The first-order valence-corrected chi connectivity index (χ1v) is 8.87. The first kappa shape index (κ1) is 15.9. The zero-order chi connectivity index (χ0) is 17.4. The van der Waals surface area contributed by atoms with Crippen molar-refractivity contribution in [3.8, 4) is 5.69 Å². The molecule has 3 heterocycles. The van der Waals surface area contributed by atoms with Crippen LogP contribution in [-0.4, -0.2) is 15.7 Å². The van der Waals surface area contributed by atoms with Gasteiger partial charge in [0.05, 0.1) is 34.1 Å². The summed E-state index contributed by atoms with van der Waals surface area (Å²) in [7, 11) is 0. The van der Waals surface area contributed by atoms with Gasteiger partial charge in [-0.25, -0.2) is 4.68 Å². The molecule has 0 radical (unpaired) electrons. The maximum atomic E-state index is 12.4. The molecule has 1 aromatic carbocycles. The number of benzene rings is 1. The second-order valence-electron chi connectivity index (χ2n) is 5.54. The Morgan fingerprint density at radius 2 is 2.16 bits per heavy atom. The number of amides is 1. The van der Waals surface area contributed by atoms with Gasteiger partial charge in [0.1, 0.15) is 10.6 Å². The molecule has 25 heavy (non-hydrogen) atoms. The monoisotopic (exact) mass is 371 g/mol. The van der Waals surface area contributed by atoms with Gasteiger partial charge < -0.3 is 9.73 Å². The molecular weight excluding hydrogens is 358 g/mol. The minimum atomic E-state index is -0.136. The molecule has 0 fully saturated rings. The highest BCUT2D eigenvalue weighted by Gasteiger charge is 2.18. The van der Waals surface area contributed by atoms with Crippen LogP contribution in [0.25, 0.3) is 15.9 Å². The SMILES string of the molecule is Cc1nn(-c2ccccc2Cl)c2sc(C(=O)NCc3ccco3)cc12. The molecule has 4 aromatic rings. The Morgan fingerprint density at radius 1 is 1.32 bits per heavy atom. The molecule has 1 amide bonds. The van der Waals surface area contributed by atoms with Crippen LogP contribution < -0.4 is 5.32 Å². The molecule has 5 nitrogen and oxygen atoms in total. The predicted molar refractivity (Wildman–Crippen MR) is 98.6 cm³/mol. The summed E-state index contributed by atoms with van der Waals surface area (Å²) in [5.74, 6) is 0.579. The van der Waals surface area contributed by atoms with Crippen LogP contribution >= 0.6 is 22.9 Å². The summed E-state index contributed by atoms with van der Waals surface area (Å²) in [4.78, 5) is 14.0. The lowest BCUT2D eigenvalue weighted by atomic mass is 10.3. The second-order valence-corrected chi connectivity index (χ2v) is 6.98. The van der Waals surface area contributed by atoms with E-state index in [1.807, 2.05) is 43.3 Å². The van der Waals surface area contributed by atoms with Crippen molar-refractivity contribution in [2.24, 2.45) is 0 Å². The molecule has 7 heteroatoms. The van der Waals surface area contributed by atoms with Gasteiger partial charge in [-0.2, -0.15) is 5.10 Å². The molecule has 0 bridgehead atoms. The molecule has 0 saturated carbocycles. The maximum Gasteiger partial charge on any atom is 0.261 e. The van der Waals surface area contributed by atoms with E-state index in [9.17, 15) is 4.79 Å². The molecular formula is C18H14ClN3O2S. The zero-order valence-electron chi connectivity index (χ0n) is 13.3. The average molecular weight is 372 g/mol. The van der Waals surface area contributed by atoms with E-state index in [1.165, 1.54) is 11.3 Å². The molecule has 126 valence electrons. The highest BCUT2D eigenvalue weighted by Crippen LogP contribution is 2.32. The van der Waals surface area contributed by atoms with Gasteiger partial charge in [0.25, 0.3) is 5.91 Å². The first-order valence-electron chi connectivity index (χ1n) is 7.68. The number of halogens is 1. The van der Waals surface area contributed by atoms with Crippen LogP contribution in [0.15, 0.2) is 53.1 Å². The van der Waals surface area contributed by atoms with Crippen molar-refractivity contribution in [2.75, 3.05) is 0 Å². The summed E-state index contributed by atoms with van der Waals surface area (Å²) >= 11 is 7.69. The van der Waals surface area contributed by atoms with E-state index in [-0.39, 0.29) is 5.91 Å². The smallest absolute Gasteiger partial charge is 0.261 e. The lowest BCUT2D eigenvalue weighted by molar-refractivity contribution is 0.0952. The zero-order valence-corrected chi connectivity index (χ0v) is 14.9. The Kier molecular flexibility index (Phi) is 4.07. The summed E-state index contributed by atoms with van der Waals surface area (Å²) in [5, 5.41) is 8.99. The lowest BCUT2D eigenvalue weighted by Crippen LogP contribution is -2.21. The maximum absolute atomic E-state index is 12.4. The van der Waals surface area contributed by atoms with Crippen molar-refractivity contribution in [3.05, 3.63) is 70.1 Å². The third kappa shape index (κ3) is 2.94. The van der Waals surface area contributed by atoms with Crippen molar-refractivity contribution in [1.82, 2.24) is 15.1 Å². The largest absolute Gasteiger partial charge is 0.467 e. The van der Waals surface area contributed by atoms with E-state index in [1.54, 1.807) is 17.0 Å². The fraction of sp³-hybridized carbons (Fsp3) is 0.111. The lowest BCUT2D eigenvalue weighted by Gasteiger charge is -2.04. The predicted octanol–water partition coefficient (Wildman–Crippen LogP) is 4.57. The number of nitrogens with zero attached hydrogens (tertiary/aromatic N) is 2. The second kappa shape index (κ2) is 6.38. The molecule has 3 aromatic heterocycles. The van der Waals surface area contributed by atoms with Gasteiger partial charge in [0, 0.05) is 5.39 Å². The standard InChI is InChI=1S/C18H14ClN3O2S/c1-11-13-9-16(17(23)20-10-12-5-4-8-24-12)25-18(13)22(21-11)15-7-3-2-6-14(15)19/h2-9H,10H2,1H3,(H,20,23). The Morgan fingerprint density at radius 3 is 2.92 bits per heavy atom. The Labute approximate surface area is 152 Å². The topological polar surface area (TPSA) is 60.1 Å². The Hall–Kier alpha value is -2.57. The highest BCUT2D eigenvalue weighted by atomic mass is 35.5. The number of hydrogen-bond donors (Lipinski definition) is 1. The highest BCUT2D eigenvalue weighted by molar-refractivity contribution is 7.20. The van der Waals surface area contributed by atoms with E-state index >= 15 is 0 Å². The molecule has 1 N–H and O–H groups in total. The molecule has 0 atom stereocenters. The fourth-order valence-corrected chi connectivity index (χ4v) is 3.92. The summed E-state index contributed by atoms with van der Waals surface area (Å²) in [5.41, 5.74) is 1.66. The normalized spacial score (nSPS) is 11.1. The number of rotatable bonds is 4. The van der Waals surface area contributed by atoms with E-state index in [2.05, 4.69) is 10.4 Å². The number of nitrogens with one attached hydrogen (secondary N) is 1. The molecule has 0 aliphatic carbocycles. The van der Waals surface area contributed by atoms with Crippen LogP contribution in [0.5, 0.6) is 0 Å². The quantitative estimate of drug-likeness (QED) is 0.571. The van der Waals surface area contributed by atoms with Gasteiger partial charge in [0.2, 0.25) is 0 Å². The third-order valence-electron chi connectivity index (χ3n) is 3.85. The number of aromatic nitrogens is 2. The number of aryl methyl sites for hydroxylation is 1. The van der Waals surface area contributed by atoms with Gasteiger partial charge in [0.15, 0.2) is 0 Å². The van der Waals surface area contributed by atoms with E-state index in [0.717, 1.165) is 21.6 Å². The summed E-state index contributed by atoms with van der Waals surface area (Å²) in [6.07, 6.45) is 1.59. The van der Waals surface area contributed by atoms with E-state index in [4.69, 9.17) is 16.0 Å². The number of hydrogen-bond acceptors (Lipinski definition) is 4. The molecule has 0 saturated heterocycles. The van der Waals surface area contributed by atoms with Crippen LogP contribution in [0, 0.1) is 6.92 Å². The van der Waals surface area contributed by atoms with Gasteiger partial charge in [-0.05, 0) is 37.3 Å². The third-order valence-corrected chi connectivity index (χ3v) is 5.28. The molecule has 0 aliphatic heterocycles. The minimum absolute atomic E-state index is 0.136. The first-order chi connectivity index (χ1) is 12.1. The summed E-state index contributed by atoms with van der Waals surface area (Å²) < 4.78 is 7.03. The number of para-hydroxylation sites is 1. The molecule has 0 spiro atoms. The average Bonchev–Trinajstić information content (AvgIpc) is 3.32. The van der Waals surface area contributed by atoms with Crippen molar-refractivity contribution in [3.63, 3.8) is 0 Å². The summed E-state index contributed by atoms with van der Waals surface area (Å²) in [6.45, 7) is 2.28. The molecule has 0 aliphatic rings. The van der Waals surface area contributed by atoms with Crippen LogP contribution in [0.4, 0.5) is 0 Å².